The number of benzene rings is 1. The number of aromatic nitrogens is 2. The van der Waals surface area contributed by atoms with E-state index in [0.29, 0.717) is 17.8 Å². The summed E-state index contributed by atoms with van der Waals surface area (Å²) in [5.74, 6) is -0.0294. The first-order valence-corrected chi connectivity index (χ1v) is 9.07. The molecular weight excluding hydrogens is 449 g/mol. The minimum absolute atomic E-state index is 0.0590. The van der Waals surface area contributed by atoms with Crippen LogP contribution in [0.2, 0.25) is 0 Å². The largest absolute Gasteiger partial charge is 0.363 e. The van der Waals surface area contributed by atoms with Crippen LogP contribution in [-0.4, -0.2) is 45.5 Å². The van der Waals surface area contributed by atoms with E-state index in [9.17, 15) is 9.60 Å². The molecule has 0 aliphatic heterocycles. The lowest BCUT2D eigenvalue weighted by Gasteiger charge is -2.07. The van der Waals surface area contributed by atoms with Crippen LogP contribution >= 0.6 is 15.9 Å². The summed E-state index contributed by atoms with van der Waals surface area (Å²) in [6.45, 7) is 6.01. The number of hydrogen-bond acceptors (Lipinski definition) is 8. The highest BCUT2D eigenvalue weighted by Gasteiger charge is 2.16. The highest BCUT2D eigenvalue weighted by molar-refractivity contribution is 9.10. The topological polar surface area (TPSA) is 140 Å². The van der Waals surface area contributed by atoms with Gasteiger partial charge in [-0.1, -0.05) is 18.7 Å². The van der Waals surface area contributed by atoms with Gasteiger partial charge in [0, 0.05) is 12.1 Å². The van der Waals surface area contributed by atoms with Crippen LogP contribution in [0.1, 0.15) is 12.6 Å². The van der Waals surface area contributed by atoms with Crippen molar-refractivity contribution < 1.29 is 19.4 Å². The summed E-state index contributed by atoms with van der Waals surface area (Å²) in [5.41, 5.74) is 5.05. The van der Waals surface area contributed by atoms with E-state index < -0.39 is 5.82 Å². The second-order valence-electron chi connectivity index (χ2n) is 5.35. The summed E-state index contributed by atoms with van der Waals surface area (Å²) in [7, 11) is 0. The molecule has 0 aliphatic carbocycles. The average molecular weight is 468 g/mol. The summed E-state index contributed by atoms with van der Waals surface area (Å²) >= 11 is 3.07. The van der Waals surface area contributed by atoms with Gasteiger partial charge in [-0.2, -0.15) is 0 Å². The number of nitrogens with one attached hydrogen (secondary N) is 3. The molecule has 0 radical (unpaired) electrons. The predicted molar refractivity (Wildman–Crippen MR) is 109 cm³/mol. The standard InChI is InChI=1S/C17H19BrFN7O3/c1-3-10(4-2)15(23-27)20-7-8-21-16-14(25-29-26-16)17(24-28)22-11-5-6-13(19)12(18)9-11/h3-6,9,27-28H,1,7-8H2,2H3,(H,20,23)(H,21,26)(H,22,24)/b10-4+. The number of aliphatic imine (C=N–C) groups is 2. The molecule has 10 nitrogen and oxygen atoms in total. The molecule has 0 bridgehead atoms. The molecule has 29 heavy (non-hydrogen) atoms. The van der Waals surface area contributed by atoms with Crippen LogP contribution in [-0.2, 0) is 0 Å². The number of rotatable bonds is 8. The van der Waals surface area contributed by atoms with Crippen molar-refractivity contribution in [1.29, 1.82) is 0 Å². The van der Waals surface area contributed by atoms with E-state index in [1.54, 1.807) is 19.1 Å². The molecule has 0 amide bonds. The molecule has 1 heterocycles. The Morgan fingerprint density at radius 1 is 1.34 bits per heavy atom. The molecule has 0 saturated heterocycles. The van der Waals surface area contributed by atoms with Crippen molar-refractivity contribution in [3.63, 3.8) is 0 Å². The maximum atomic E-state index is 13.4. The van der Waals surface area contributed by atoms with Crippen molar-refractivity contribution >= 4 is 39.1 Å². The predicted octanol–water partition coefficient (Wildman–Crippen LogP) is 2.95. The molecule has 0 spiro atoms. The molecule has 1 aromatic carbocycles. The normalized spacial score (nSPS) is 12.7. The van der Waals surface area contributed by atoms with Gasteiger partial charge in [0.25, 0.3) is 0 Å². The van der Waals surface area contributed by atoms with Crippen LogP contribution in [0.5, 0.6) is 0 Å². The maximum Gasteiger partial charge on any atom is 0.202 e. The first-order valence-electron chi connectivity index (χ1n) is 8.28. The second-order valence-corrected chi connectivity index (χ2v) is 6.20. The molecule has 0 aliphatic rings. The van der Waals surface area contributed by atoms with Crippen molar-refractivity contribution in [1.82, 2.24) is 21.3 Å². The highest BCUT2D eigenvalue weighted by atomic mass is 79.9. The Kier molecular flexibility index (Phi) is 8.45. The summed E-state index contributed by atoms with van der Waals surface area (Å²) in [6.07, 6.45) is 3.30. The average Bonchev–Trinajstić information content (AvgIpc) is 3.19. The Labute approximate surface area is 173 Å². The van der Waals surface area contributed by atoms with Gasteiger partial charge in [0.05, 0.1) is 16.7 Å². The van der Waals surface area contributed by atoms with Crippen LogP contribution in [0.4, 0.5) is 15.9 Å². The highest BCUT2D eigenvalue weighted by Crippen LogP contribution is 2.23. The molecule has 0 saturated carbocycles. The molecule has 0 unspecified atom stereocenters. The van der Waals surface area contributed by atoms with Crippen LogP contribution in [0.15, 0.2) is 61.6 Å². The fourth-order valence-corrected chi connectivity index (χ4v) is 2.53. The number of amidine groups is 2. The minimum atomic E-state index is -0.442. The molecule has 12 heteroatoms. The van der Waals surface area contributed by atoms with E-state index in [0.717, 1.165) is 0 Å². The van der Waals surface area contributed by atoms with Crippen LogP contribution < -0.4 is 16.3 Å². The van der Waals surface area contributed by atoms with E-state index in [2.05, 4.69) is 48.1 Å². The third kappa shape index (κ3) is 5.94. The van der Waals surface area contributed by atoms with Crippen LogP contribution in [0.25, 0.3) is 0 Å². The number of allylic oxidation sites excluding steroid dienone is 1. The number of halogens is 2. The summed E-state index contributed by atoms with van der Waals surface area (Å²) in [4.78, 5) is 8.37. The molecule has 5 N–H and O–H groups in total. The zero-order chi connectivity index (χ0) is 21.2. The zero-order valence-electron chi connectivity index (χ0n) is 15.4. The van der Waals surface area contributed by atoms with Crippen molar-refractivity contribution in [2.75, 3.05) is 18.4 Å². The third-order valence-corrected chi connectivity index (χ3v) is 4.15. The van der Waals surface area contributed by atoms with Crippen LogP contribution in [0, 0.1) is 5.82 Å². The quantitative estimate of drug-likeness (QED) is 0.131. The first kappa shape index (κ1) is 22.2. The number of hydroxylamine groups is 2. The van der Waals surface area contributed by atoms with Crippen molar-refractivity contribution in [3.05, 3.63) is 58.5 Å². The van der Waals surface area contributed by atoms with Gasteiger partial charge in [-0.25, -0.2) is 14.0 Å². The molecular formula is C17H19BrFN7O3. The minimum Gasteiger partial charge on any atom is -0.363 e. The number of hydrogen-bond donors (Lipinski definition) is 5. The lowest BCUT2D eigenvalue weighted by atomic mass is 10.2. The zero-order valence-corrected chi connectivity index (χ0v) is 16.9. The fraction of sp³-hybridized carbons (Fsp3) is 0.176. The smallest absolute Gasteiger partial charge is 0.202 e. The monoisotopic (exact) mass is 467 g/mol. The van der Waals surface area contributed by atoms with Gasteiger partial charge in [0.1, 0.15) is 5.82 Å². The summed E-state index contributed by atoms with van der Waals surface area (Å²) in [6, 6.07) is 4.09. The molecule has 154 valence electrons. The van der Waals surface area contributed by atoms with Crippen molar-refractivity contribution in [2.45, 2.75) is 6.92 Å². The molecule has 2 rings (SSSR count). The van der Waals surface area contributed by atoms with E-state index >= 15 is 0 Å². The molecule has 2 aromatic rings. The fourth-order valence-electron chi connectivity index (χ4n) is 2.16. The second kappa shape index (κ2) is 11.0. The van der Waals surface area contributed by atoms with E-state index in [-0.39, 0.29) is 34.2 Å². The van der Waals surface area contributed by atoms with E-state index in [1.807, 2.05) is 11.0 Å². The summed E-state index contributed by atoms with van der Waals surface area (Å²) < 4.78 is 18.3. The van der Waals surface area contributed by atoms with Gasteiger partial charge in [-0.15, -0.1) is 0 Å². The Morgan fingerprint density at radius 3 is 2.76 bits per heavy atom. The Morgan fingerprint density at radius 2 is 2.14 bits per heavy atom. The molecule has 1 aromatic heterocycles. The lowest BCUT2D eigenvalue weighted by Crippen LogP contribution is -2.23. The third-order valence-electron chi connectivity index (χ3n) is 3.55. The Balaban J connectivity index is 2.12. The summed E-state index contributed by atoms with van der Waals surface area (Å²) in [5, 5.41) is 29.0. The maximum absolute atomic E-state index is 13.4. The molecule has 0 atom stereocenters. The van der Waals surface area contributed by atoms with Gasteiger partial charge in [0.15, 0.2) is 17.4 Å². The van der Waals surface area contributed by atoms with Gasteiger partial charge in [-0.05, 0) is 51.4 Å². The van der Waals surface area contributed by atoms with E-state index in [4.69, 9.17) is 9.84 Å². The van der Waals surface area contributed by atoms with Gasteiger partial charge in [0.2, 0.25) is 5.82 Å². The Bertz CT molecular complexity index is 943. The van der Waals surface area contributed by atoms with Gasteiger partial charge >= 0.3 is 0 Å². The number of nitrogens with zero attached hydrogens (tertiary/aromatic N) is 4. The SMILES string of the molecule is C=C/C(=C\C)C(=NCCNc1nonc1C(=Nc1ccc(F)c(Br)c1)NO)NO. The Hall–Kier alpha value is -3.09. The number of anilines is 1. The van der Waals surface area contributed by atoms with Crippen molar-refractivity contribution in [3.8, 4) is 0 Å². The van der Waals surface area contributed by atoms with Crippen molar-refractivity contribution in [2.24, 2.45) is 9.98 Å². The van der Waals surface area contributed by atoms with Crippen LogP contribution in [0.3, 0.4) is 0 Å². The first-order chi connectivity index (χ1) is 14.0. The lowest BCUT2D eigenvalue weighted by molar-refractivity contribution is 0.234. The molecule has 0 fully saturated rings. The van der Waals surface area contributed by atoms with E-state index in [1.165, 1.54) is 18.2 Å². The van der Waals surface area contributed by atoms with Gasteiger partial charge in [-0.3, -0.25) is 26.4 Å². The van der Waals surface area contributed by atoms with Gasteiger partial charge < -0.3 is 5.32 Å².